The van der Waals surface area contributed by atoms with E-state index in [-0.39, 0.29) is 29.4 Å². The lowest BCUT2D eigenvalue weighted by Crippen LogP contribution is -2.43. The summed E-state index contributed by atoms with van der Waals surface area (Å²) in [7, 11) is 0. The Labute approximate surface area is 173 Å². The molecule has 3 aromatic heterocycles. The summed E-state index contributed by atoms with van der Waals surface area (Å²) in [4.78, 5) is 17.3. The number of pyridine rings is 2. The smallest absolute Gasteiger partial charge is 0.254 e. The molecule has 2 aliphatic rings. The molecule has 1 aliphatic carbocycles. The van der Waals surface area contributed by atoms with Crippen molar-refractivity contribution in [3.05, 3.63) is 47.0 Å². The summed E-state index contributed by atoms with van der Waals surface area (Å²) in [6, 6.07) is 3.42. The van der Waals surface area contributed by atoms with Crippen molar-refractivity contribution in [3.63, 3.8) is 0 Å². The lowest BCUT2D eigenvalue weighted by molar-refractivity contribution is 0.0959. The molecule has 0 saturated heterocycles. The fourth-order valence-electron chi connectivity index (χ4n) is 4.63. The highest BCUT2D eigenvalue weighted by Crippen LogP contribution is 2.39. The predicted molar refractivity (Wildman–Crippen MR) is 113 cm³/mol. The average molecular weight is 408 g/mol. The van der Waals surface area contributed by atoms with Gasteiger partial charge in [0, 0.05) is 29.4 Å². The molecule has 1 aliphatic heterocycles. The maximum absolute atomic E-state index is 15.5. The third-order valence-electron chi connectivity index (χ3n) is 6.26. The van der Waals surface area contributed by atoms with Crippen molar-refractivity contribution in [1.82, 2.24) is 19.9 Å². The second kappa shape index (κ2) is 7.05. The van der Waals surface area contributed by atoms with Gasteiger partial charge in [-0.1, -0.05) is 12.8 Å². The Kier molecular flexibility index (Phi) is 4.47. The van der Waals surface area contributed by atoms with Gasteiger partial charge in [0.15, 0.2) is 11.6 Å². The van der Waals surface area contributed by atoms with Gasteiger partial charge in [0.25, 0.3) is 5.91 Å². The fraction of sp³-hybridized carbons (Fsp3) is 0.409. The van der Waals surface area contributed by atoms with E-state index < -0.39 is 11.9 Å². The number of aryl methyl sites for hydroxylation is 1. The van der Waals surface area contributed by atoms with Crippen LogP contribution in [0, 0.1) is 12.7 Å². The van der Waals surface area contributed by atoms with Crippen LogP contribution in [0.5, 0.6) is 0 Å². The molecule has 4 heterocycles. The highest BCUT2D eigenvalue weighted by molar-refractivity contribution is 6.06. The molecule has 4 N–H and O–H groups in total. The second-order valence-electron chi connectivity index (χ2n) is 8.40. The number of hydrogen-bond donors (Lipinski definition) is 3. The number of aromatic nitrogens is 3. The van der Waals surface area contributed by atoms with Crippen LogP contribution < -0.4 is 16.4 Å². The number of fused-ring (bicyclic) bond motifs is 2. The number of carbonyl (C=O) groups excluding carboxylic acids is 1. The number of halogens is 1. The molecule has 30 heavy (non-hydrogen) atoms. The average Bonchev–Trinajstić information content (AvgIpc) is 3.26. The zero-order valence-electron chi connectivity index (χ0n) is 17.1. The number of nitrogens with two attached hydrogens (primary N) is 1. The summed E-state index contributed by atoms with van der Waals surface area (Å²) < 4.78 is 17.2. The largest absolute Gasteiger partial charge is 0.363 e. The van der Waals surface area contributed by atoms with Crippen molar-refractivity contribution < 1.29 is 9.18 Å². The maximum atomic E-state index is 15.5. The van der Waals surface area contributed by atoms with Crippen LogP contribution in [0.1, 0.15) is 60.1 Å². The van der Waals surface area contributed by atoms with Crippen LogP contribution in [-0.2, 0) is 0 Å². The van der Waals surface area contributed by atoms with Crippen molar-refractivity contribution in [2.24, 2.45) is 5.73 Å². The quantitative estimate of drug-likeness (QED) is 0.618. The molecule has 1 saturated carbocycles. The van der Waals surface area contributed by atoms with Gasteiger partial charge in [-0.2, -0.15) is 5.10 Å². The second-order valence-corrected chi connectivity index (χ2v) is 8.40. The first kappa shape index (κ1) is 19.0. The molecule has 0 radical (unpaired) electrons. The first-order valence-corrected chi connectivity index (χ1v) is 10.4. The number of nitrogens with zero attached hydrogens (tertiary/aromatic N) is 3. The van der Waals surface area contributed by atoms with E-state index >= 15 is 4.39 Å². The highest BCUT2D eigenvalue weighted by atomic mass is 19.1. The lowest BCUT2D eigenvalue weighted by atomic mass is 9.91. The fourth-order valence-corrected chi connectivity index (χ4v) is 4.63. The van der Waals surface area contributed by atoms with Crippen LogP contribution in [0.15, 0.2) is 24.5 Å². The maximum Gasteiger partial charge on any atom is 0.254 e. The number of carbonyl (C=O) groups is 1. The minimum atomic E-state index is -0.481. The number of rotatable bonds is 3. The number of amides is 1. The van der Waals surface area contributed by atoms with E-state index in [0.29, 0.717) is 16.8 Å². The van der Waals surface area contributed by atoms with Crippen molar-refractivity contribution >= 4 is 17.2 Å². The van der Waals surface area contributed by atoms with E-state index in [1.807, 2.05) is 25.3 Å². The van der Waals surface area contributed by atoms with Gasteiger partial charge in [0.05, 0.1) is 29.0 Å². The predicted octanol–water partition coefficient (Wildman–Crippen LogP) is 3.33. The highest BCUT2D eigenvalue weighted by Gasteiger charge is 2.36. The van der Waals surface area contributed by atoms with Gasteiger partial charge in [-0.05, 0) is 44.4 Å². The van der Waals surface area contributed by atoms with E-state index in [1.54, 1.807) is 17.6 Å². The van der Waals surface area contributed by atoms with Crippen LogP contribution in [0.4, 0.5) is 10.2 Å². The summed E-state index contributed by atoms with van der Waals surface area (Å²) in [6.45, 7) is 3.78. The van der Waals surface area contributed by atoms with E-state index in [9.17, 15) is 4.79 Å². The van der Waals surface area contributed by atoms with E-state index in [2.05, 4.69) is 20.7 Å². The summed E-state index contributed by atoms with van der Waals surface area (Å²) >= 11 is 0. The monoisotopic (exact) mass is 408 g/mol. The zero-order chi connectivity index (χ0) is 21.0. The summed E-state index contributed by atoms with van der Waals surface area (Å²) in [5.41, 5.74) is 9.94. The first-order chi connectivity index (χ1) is 14.4. The summed E-state index contributed by atoms with van der Waals surface area (Å²) in [6.07, 6.45) is 7.46. The Morgan fingerprint density at radius 2 is 2.13 bits per heavy atom. The molecule has 7 nitrogen and oxygen atoms in total. The Morgan fingerprint density at radius 3 is 2.93 bits per heavy atom. The van der Waals surface area contributed by atoms with Crippen molar-refractivity contribution in [1.29, 1.82) is 0 Å². The molecule has 0 aromatic carbocycles. The molecule has 5 rings (SSSR count). The van der Waals surface area contributed by atoms with Crippen molar-refractivity contribution in [2.75, 3.05) is 5.32 Å². The zero-order valence-corrected chi connectivity index (χ0v) is 17.1. The summed E-state index contributed by atoms with van der Waals surface area (Å²) in [5.74, 6) is -0.640. The molecule has 1 amide bonds. The first-order valence-electron chi connectivity index (χ1n) is 10.4. The molecule has 8 heteroatoms. The van der Waals surface area contributed by atoms with Crippen molar-refractivity contribution in [2.45, 2.75) is 57.7 Å². The van der Waals surface area contributed by atoms with Crippen LogP contribution in [0.2, 0.25) is 0 Å². The molecule has 1 fully saturated rings. The van der Waals surface area contributed by atoms with Gasteiger partial charge >= 0.3 is 0 Å². The molecule has 156 valence electrons. The third kappa shape index (κ3) is 2.94. The van der Waals surface area contributed by atoms with Gasteiger partial charge in [-0.25, -0.2) is 13.9 Å². The third-order valence-corrected chi connectivity index (χ3v) is 6.26. The van der Waals surface area contributed by atoms with Gasteiger partial charge in [-0.3, -0.25) is 4.79 Å². The normalized spacial score (nSPS) is 23.5. The molecule has 0 spiro atoms. The molecule has 3 aromatic rings. The van der Waals surface area contributed by atoms with Gasteiger partial charge in [0.2, 0.25) is 0 Å². The minimum absolute atomic E-state index is 0.0434. The topological polar surface area (TPSA) is 97.3 Å². The Hall–Kier alpha value is -3.00. The van der Waals surface area contributed by atoms with Gasteiger partial charge in [0.1, 0.15) is 0 Å². The van der Waals surface area contributed by atoms with Gasteiger partial charge < -0.3 is 16.4 Å². The van der Waals surface area contributed by atoms with Crippen molar-refractivity contribution in [3.8, 4) is 11.3 Å². The Morgan fingerprint density at radius 1 is 1.33 bits per heavy atom. The molecule has 3 atom stereocenters. The van der Waals surface area contributed by atoms with E-state index in [0.717, 1.165) is 36.8 Å². The Balaban J connectivity index is 1.70. The number of hydrogen-bond acceptors (Lipinski definition) is 5. The number of anilines is 1. The molecular weight excluding hydrogens is 383 g/mol. The minimum Gasteiger partial charge on any atom is -0.363 e. The molecular formula is C22H25FN6O. The van der Waals surface area contributed by atoms with Crippen LogP contribution in [-0.4, -0.2) is 32.6 Å². The van der Waals surface area contributed by atoms with E-state index in [4.69, 9.17) is 5.73 Å². The van der Waals surface area contributed by atoms with Crippen LogP contribution in [0.3, 0.4) is 0 Å². The van der Waals surface area contributed by atoms with Crippen LogP contribution >= 0.6 is 0 Å². The van der Waals surface area contributed by atoms with Gasteiger partial charge in [-0.15, -0.1) is 0 Å². The number of nitrogens with one attached hydrogen (secondary N) is 2. The standard InChI is InChI=1S/C22H25FN6O/c1-11-7-8-29-16(9-11)13(10-25-29)20-18-17(12(2)26-22(18)30)19(23)21(28-20)27-15-6-4-3-5-14(15)24/h7-10,12,14-15H,3-6,24H2,1-2H3,(H,26,30)(H,27,28)/t12-,14-,15+/m0/s1. The Bertz CT molecular complexity index is 1160. The lowest BCUT2D eigenvalue weighted by Gasteiger charge is -2.30. The molecule has 0 bridgehead atoms. The molecule has 0 unspecified atom stereocenters. The summed E-state index contributed by atoms with van der Waals surface area (Å²) in [5, 5.41) is 10.5. The SMILES string of the molecule is Cc1ccn2ncc(-c3nc(N[C@@H]4CCCC[C@@H]4N)c(F)c4c3C(=O)N[C@H]4C)c2c1. The van der Waals surface area contributed by atoms with Crippen LogP contribution in [0.25, 0.3) is 16.8 Å². The van der Waals surface area contributed by atoms with E-state index in [1.165, 1.54) is 0 Å².